The molecule has 13 heteroatoms. The predicted molar refractivity (Wildman–Crippen MR) is 125 cm³/mol. The molecule has 0 aromatic heterocycles. The van der Waals surface area contributed by atoms with E-state index >= 15 is 0 Å². The number of aliphatic hydroxyl groups excluding tert-OH is 2. The highest BCUT2D eigenvalue weighted by molar-refractivity contribution is 5.97. The number of ether oxygens (including phenoxy) is 3. The Morgan fingerprint density at radius 2 is 1.66 bits per heavy atom. The minimum Gasteiger partial charge on any atom is -0.479 e. The van der Waals surface area contributed by atoms with Crippen LogP contribution in [0.15, 0.2) is 42.5 Å². The van der Waals surface area contributed by atoms with Crippen molar-refractivity contribution in [1.29, 1.82) is 0 Å². The Labute approximate surface area is 216 Å². The minimum absolute atomic E-state index is 0.200. The van der Waals surface area contributed by atoms with Crippen LogP contribution in [0.1, 0.15) is 32.3 Å². The molecule has 0 amide bonds. The molecule has 3 rings (SSSR count). The first-order valence-corrected chi connectivity index (χ1v) is 11.7. The number of carbonyl (C=O) groups is 4. The van der Waals surface area contributed by atoms with E-state index in [0.717, 1.165) is 5.56 Å². The van der Waals surface area contributed by atoms with Crippen LogP contribution >= 0.6 is 0 Å². The lowest BCUT2D eigenvalue weighted by Gasteiger charge is -2.48. The van der Waals surface area contributed by atoms with Gasteiger partial charge < -0.3 is 44.8 Å². The zero-order valence-electron chi connectivity index (χ0n) is 20.6. The van der Waals surface area contributed by atoms with Gasteiger partial charge in [-0.2, -0.15) is 0 Å². The zero-order chi connectivity index (χ0) is 28.6. The summed E-state index contributed by atoms with van der Waals surface area (Å²) >= 11 is 0. The van der Waals surface area contributed by atoms with Crippen molar-refractivity contribution in [1.82, 2.24) is 0 Å². The van der Waals surface area contributed by atoms with Crippen LogP contribution in [-0.2, 0) is 39.8 Å². The quantitative estimate of drug-likeness (QED) is 0.158. The van der Waals surface area contributed by atoms with Crippen LogP contribution in [0.25, 0.3) is 0 Å². The Bertz CT molecular complexity index is 1120. The molecule has 208 valence electrons. The molecule has 13 nitrogen and oxygen atoms in total. The van der Waals surface area contributed by atoms with Crippen molar-refractivity contribution in [3.8, 4) is 0 Å². The van der Waals surface area contributed by atoms with E-state index in [1.807, 2.05) is 30.3 Å². The molecule has 1 aromatic carbocycles. The number of hydrogen-bond donors (Lipinski definition) is 6. The highest BCUT2D eigenvalue weighted by Gasteiger charge is 2.84. The zero-order valence-corrected chi connectivity index (χ0v) is 20.6. The Balaban J connectivity index is 1.93. The second kappa shape index (κ2) is 10.4. The lowest BCUT2D eigenvalue weighted by molar-refractivity contribution is -0.374. The highest BCUT2D eigenvalue weighted by atomic mass is 16.8. The SMILES string of the molecule is C=C(CC[C@]12O[C@H](C(=O)O)[C@@](O)(C(=O)O)[C@](C(=O)O)(O1)C(O)[C@H]2O)[C@@H](OC(C)=O)[C@H](C)Cc1ccccc1. The number of carboxylic acid groups (broad SMARTS) is 3. The molecule has 2 heterocycles. The van der Waals surface area contributed by atoms with E-state index in [4.69, 9.17) is 14.2 Å². The van der Waals surface area contributed by atoms with Gasteiger partial charge in [0.1, 0.15) is 18.3 Å². The van der Waals surface area contributed by atoms with Crippen LogP contribution in [0, 0.1) is 5.92 Å². The number of hydrogen-bond acceptors (Lipinski definition) is 10. The third-order valence-electron chi connectivity index (χ3n) is 7.04. The van der Waals surface area contributed by atoms with Gasteiger partial charge in [-0.25, -0.2) is 14.4 Å². The molecule has 0 spiro atoms. The van der Waals surface area contributed by atoms with Crippen LogP contribution in [0.2, 0.25) is 0 Å². The number of aliphatic hydroxyl groups is 3. The standard InChI is InChI=1S/C25H30O13/c1-12(16(36-14(3)26)13(2)11-15-7-5-4-6-8-15)9-10-23-17(27)18(28)25(38-23,22(33)34)24(35,21(31)32)19(37-23)20(29)30/h4-8,13,16-19,27-28,35H,1,9-11H2,2-3H3,(H,29,30)(H,31,32)(H,33,34)/t13-,16-,17-,18?,19-,23+,24-,25+/m1/s1. The van der Waals surface area contributed by atoms with Crippen molar-refractivity contribution in [3.05, 3.63) is 48.0 Å². The smallest absolute Gasteiger partial charge is 0.343 e. The maximum atomic E-state index is 12.2. The van der Waals surface area contributed by atoms with Gasteiger partial charge in [0, 0.05) is 19.3 Å². The first-order valence-electron chi connectivity index (χ1n) is 11.7. The van der Waals surface area contributed by atoms with Crippen molar-refractivity contribution in [2.24, 2.45) is 5.92 Å². The fourth-order valence-corrected chi connectivity index (χ4v) is 5.17. The molecule has 1 aromatic rings. The molecule has 1 unspecified atom stereocenters. The lowest BCUT2D eigenvalue weighted by Crippen LogP contribution is -2.77. The number of esters is 1. The fourth-order valence-electron chi connectivity index (χ4n) is 5.17. The second-order valence-corrected chi connectivity index (χ2v) is 9.61. The van der Waals surface area contributed by atoms with Gasteiger partial charge in [0.2, 0.25) is 17.3 Å². The van der Waals surface area contributed by atoms with Gasteiger partial charge in [-0.1, -0.05) is 43.8 Å². The molecule has 0 saturated carbocycles. The highest BCUT2D eigenvalue weighted by Crippen LogP contribution is 2.54. The van der Waals surface area contributed by atoms with Crippen molar-refractivity contribution in [2.75, 3.05) is 0 Å². The summed E-state index contributed by atoms with van der Waals surface area (Å²) in [6, 6.07) is 9.28. The number of fused-ring (bicyclic) bond motifs is 2. The Morgan fingerprint density at radius 3 is 2.16 bits per heavy atom. The van der Waals surface area contributed by atoms with Crippen molar-refractivity contribution < 1.29 is 64.0 Å². The van der Waals surface area contributed by atoms with Crippen molar-refractivity contribution >= 4 is 23.9 Å². The van der Waals surface area contributed by atoms with Crippen LogP contribution in [0.5, 0.6) is 0 Å². The number of benzene rings is 1. The van der Waals surface area contributed by atoms with E-state index in [1.165, 1.54) is 6.92 Å². The molecule has 0 aliphatic carbocycles. The van der Waals surface area contributed by atoms with E-state index in [-0.39, 0.29) is 17.9 Å². The van der Waals surface area contributed by atoms with Crippen LogP contribution in [-0.4, -0.2) is 95.9 Å². The van der Waals surface area contributed by atoms with Crippen molar-refractivity contribution in [3.63, 3.8) is 0 Å². The summed E-state index contributed by atoms with van der Waals surface area (Å²) in [5.74, 6) is -10.1. The summed E-state index contributed by atoms with van der Waals surface area (Å²) in [5.41, 5.74) is -6.09. The third-order valence-corrected chi connectivity index (χ3v) is 7.04. The Hall–Kier alpha value is -3.36. The molecule has 2 saturated heterocycles. The van der Waals surface area contributed by atoms with E-state index in [0.29, 0.717) is 6.42 Å². The molecule has 8 atom stereocenters. The summed E-state index contributed by atoms with van der Waals surface area (Å²) in [4.78, 5) is 47.9. The Kier molecular flexibility index (Phi) is 8.01. The molecular weight excluding hydrogens is 508 g/mol. The maximum absolute atomic E-state index is 12.2. The summed E-state index contributed by atoms with van der Waals surface area (Å²) < 4.78 is 16.0. The molecule has 2 fully saturated rings. The second-order valence-electron chi connectivity index (χ2n) is 9.61. The van der Waals surface area contributed by atoms with Crippen LogP contribution in [0.4, 0.5) is 0 Å². The van der Waals surface area contributed by atoms with Crippen molar-refractivity contribution in [2.45, 2.75) is 74.5 Å². The van der Waals surface area contributed by atoms with Crippen LogP contribution < -0.4 is 0 Å². The van der Waals surface area contributed by atoms with Gasteiger partial charge in [-0.05, 0) is 24.0 Å². The van der Waals surface area contributed by atoms with Gasteiger partial charge >= 0.3 is 23.9 Å². The third kappa shape index (κ3) is 4.56. The molecule has 38 heavy (non-hydrogen) atoms. The van der Waals surface area contributed by atoms with Gasteiger partial charge in [-0.15, -0.1) is 0 Å². The average Bonchev–Trinajstić information content (AvgIpc) is 3.04. The minimum atomic E-state index is -3.81. The molecule has 2 aliphatic rings. The fraction of sp³-hybridized carbons (Fsp3) is 0.520. The van der Waals surface area contributed by atoms with Gasteiger partial charge in [0.15, 0.2) is 5.79 Å². The Morgan fingerprint density at radius 1 is 1.05 bits per heavy atom. The largest absolute Gasteiger partial charge is 0.479 e. The van der Waals surface area contributed by atoms with E-state index < -0.39 is 71.7 Å². The first-order chi connectivity index (χ1) is 17.6. The summed E-state index contributed by atoms with van der Waals surface area (Å²) in [5, 5.41) is 61.3. The molecule has 0 radical (unpaired) electrons. The number of carbonyl (C=O) groups excluding carboxylic acids is 1. The summed E-state index contributed by atoms with van der Waals surface area (Å²) in [6.45, 7) is 6.93. The van der Waals surface area contributed by atoms with Gasteiger partial charge in [0.25, 0.3) is 0 Å². The summed E-state index contributed by atoms with van der Waals surface area (Å²) in [7, 11) is 0. The van der Waals surface area contributed by atoms with Crippen LogP contribution in [0.3, 0.4) is 0 Å². The summed E-state index contributed by atoms with van der Waals surface area (Å²) in [6.07, 6.45) is -8.75. The van der Waals surface area contributed by atoms with Gasteiger partial charge in [0.05, 0.1) is 0 Å². The van der Waals surface area contributed by atoms with E-state index in [9.17, 15) is 49.8 Å². The molecule has 2 aliphatic heterocycles. The van der Waals surface area contributed by atoms with E-state index in [2.05, 4.69) is 6.58 Å². The van der Waals surface area contributed by atoms with Gasteiger partial charge in [-0.3, -0.25) is 4.79 Å². The number of carboxylic acids is 3. The topological polar surface area (TPSA) is 217 Å². The number of rotatable bonds is 11. The monoisotopic (exact) mass is 538 g/mol. The lowest BCUT2D eigenvalue weighted by atomic mass is 9.74. The molecule has 6 N–H and O–H groups in total. The predicted octanol–water partition coefficient (Wildman–Crippen LogP) is -0.296. The average molecular weight is 539 g/mol. The van der Waals surface area contributed by atoms with E-state index in [1.54, 1.807) is 6.92 Å². The number of aliphatic carboxylic acids is 3. The molecular formula is C25H30O13. The first kappa shape index (κ1) is 29.2. The molecule has 2 bridgehead atoms. The maximum Gasteiger partial charge on any atom is 0.343 e. The normalized spacial score (nSPS) is 33.7.